The minimum atomic E-state index is -0.564. The molecule has 0 aromatic heterocycles. The van der Waals surface area contributed by atoms with E-state index in [1.54, 1.807) is 0 Å². The highest BCUT2D eigenvalue weighted by atomic mass is 32.1. The predicted octanol–water partition coefficient (Wildman–Crippen LogP) is -1.10. The fourth-order valence-electron chi connectivity index (χ4n) is 0.250. The maximum atomic E-state index is 9.92. The van der Waals surface area contributed by atoms with Crippen molar-refractivity contribution in [3.05, 3.63) is 10.1 Å². The molecule has 0 atom stereocenters. The SMILES string of the molecule is CN(CNC(N)=S)[N+](=O)[O-]. The van der Waals surface area contributed by atoms with Gasteiger partial charge in [-0.25, -0.2) is 10.1 Å². The molecule has 58 valence electrons. The second-order valence-electron chi connectivity index (χ2n) is 1.59. The average Bonchev–Trinajstić information content (AvgIpc) is 1.82. The first-order chi connectivity index (χ1) is 4.54. The van der Waals surface area contributed by atoms with Crippen LogP contribution in [0.4, 0.5) is 0 Å². The van der Waals surface area contributed by atoms with Gasteiger partial charge in [0.25, 0.3) is 0 Å². The molecule has 0 fully saturated rings. The van der Waals surface area contributed by atoms with Gasteiger partial charge in [0.05, 0.1) is 7.05 Å². The molecule has 0 radical (unpaired) electrons. The Kier molecular flexibility index (Phi) is 3.40. The summed E-state index contributed by atoms with van der Waals surface area (Å²) in [6.45, 7) is 0.0162. The Balaban J connectivity index is 3.49. The van der Waals surface area contributed by atoms with Crippen LogP contribution in [0.1, 0.15) is 0 Å². The highest BCUT2D eigenvalue weighted by molar-refractivity contribution is 7.80. The molecule has 0 aromatic rings. The summed E-state index contributed by atoms with van der Waals surface area (Å²) in [6, 6.07) is 0. The zero-order valence-corrected chi connectivity index (χ0v) is 6.22. The van der Waals surface area contributed by atoms with Crippen molar-refractivity contribution in [2.45, 2.75) is 0 Å². The lowest BCUT2D eigenvalue weighted by Crippen LogP contribution is -2.40. The number of nitrogens with one attached hydrogen (secondary N) is 1. The summed E-state index contributed by atoms with van der Waals surface area (Å²) < 4.78 is 0. The molecule has 0 rings (SSSR count). The quantitative estimate of drug-likeness (QED) is 0.238. The smallest absolute Gasteiger partial charge is 0.165 e. The van der Waals surface area contributed by atoms with Crippen LogP contribution in [0, 0.1) is 10.1 Å². The molecule has 7 heteroatoms. The summed E-state index contributed by atoms with van der Waals surface area (Å²) in [5, 5.41) is 12.7. The maximum absolute atomic E-state index is 9.92. The first-order valence-electron chi connectivity index (χ1n) is 2.42. The minimum absolute atomic E-state index is 0.0162. The molecule has 3 N–H and O–H groups in total. The van der Waals surface area contributed by atoms with Gasteiger partial charge in [-0.1, -0.05) is 0 Å². The Hall–Kier alpha value is -1.11. The lowest BCUT2D eigenvalue weighted by molar-refractivity contribution is -0.649. The molecule has 6 nitrogen and oxygen atoms in total. The highest BCUT2D eigenvalue weighted by Crippen LogP contribution is 1.76. The summed E-state index contributed by atoms with van der Waals surface area (Å²) in [5.41, 5.74) is 5.01. The average molecular weight is 164 g/mol. The summed E-state index contributed by atoms with van der Waals surface area (Å²) >= 11 is 4.42. The van der Waals surface area contributed by atoms with E-state index >= 15 is 0 Å². The molecule has 0 aliphatic heterocycles. The number of hydrogen-bond donors (Lipinski definition) is 2. The fraction of sp³-hybridized carbons (Fsp3) is 0.667. The summed E-state index contributed by atoms with van der Waals surface area (Å²) in [5.74, 6) is 0. The molecule has 0 amide bonds. The first kappa shape index (κ1) is 8.89. The van der Waals surface area contributed by atoms with Crippen LogP contribution in [-0.2, 0) is 0 Å². The Morgan fingerprint density at radius 3 is 2.80 bits per heavy atom. The Labute approximate surface area is 63.1 Å². The van der Waals surface area contributed by atoms with E-state index in [1.807, 2.05) is 0 Å². The lowest BCUT2D eigenvalue weighted by atomic mass is 10.9. The van der Waals surface area contributed by atoms with Crippen molar-refractivity contribution < 1.29 is 5.03 Å². The van der Waals surface area contributed by atoms with Crippen molar-refractivity contribution in [2.24, 2.45) is 5.73 Å². The van der Waals surface area contributed by atoms with E-state index in [9.17, 15) is 10.1 Å². The van der Waals surface area contributed by atoms with Crippen molar-refractivity contribution in [1.82, 2.24) is 10.3 Å². The second-order valence-corrected chi connectivity index (χ2v) is 2.03. The van der Waals surface area contributed by atoms with E-state index in [4.69, 9.17) is 5.73 Å². The number of hydrazine groups is 1. The van der Waals surface area contributed by atoms with Crippen LogP contribution in [0.3, 0.4) is 0 Å². The third-order valence-corrected chi connectivity index (χ3v) is 0.905. The van der Waals surface area contributed by atoms with E-state index in [-0.39, 0.29) is 11.8 Å². The van der Waals surface area contributed by atoms with Gasteiger partial charge in [0.2, 0.25) is 0 Å². The number of nitrogens with zero attached hydrogens (tertiary/aromatic N) is 2. The molecule has 0 aliphatic carbocycles. The van der Waals surface area contributed by atoms with Gasteiger partial charge >= 0.3 is 0 Å². The van der Waals surface area contributed by atoms with E-state index in [1.165, 1.54) is 7.05 Å². The number of nitro groups is 1. The van der Waals surface area contributed by atoms with E-state index in [0.717, 1.165) is 5.01 Å². The van der Waals surface area contributed by atoms with Crippen LogP contribution < -0.4 is 11.1 Å². The summed E-state index contributed by atoms with van der Waals surface area (Å²) in [4.78, 5) is 9.92. The monoisotopic (exact) mass is 164 g/mol. The van der Waals surface area contributed by atoms with Gasteiger partial charge < -0.3 is 11.1 Å². The molecule has 0 unspecified atom stereocenters. The predicted molar refractivity (Wildman–Crippen MR) is 39.5 cm³/mol. The minimum Gasteiger partial charge on any atom is -0.376 e. The molecule has 0 saturated carbocycles. The maximum Gasteiger partial charge on any atom is 0.165 e. The number of thiocarbonyl (C=S) groups is 1. The molecule has 0 spiro atoms. The molecule has 0 aliphatic rings. The van der Waals surface area contributed by atoms with Crippen molar-refractivity contribution in [3.8, 4) is 0 Å². The standard InChI is InChI=1S/C3H8N4O2S/c1-6(7(8)9)2-5-3(4)10/h2H2,1H3,(H3,4,5,10). The van der Waals surface area contributed by atoms with Gasteiger partial charge in [0, 0.05) is 0 Å². The normalized spacial score (nSPS) is 8.50. The molecular weight excluding hydrogens is 156 g/mol. The molecule has 0 saturated heterocycles. The Bertz CT molecular complexity index is 149. The zero-order chi connectivity index (χ0) is 8.15. The number of rotatable bonds is 3. The van der Waals surface area contributed by atoms with Gasteiger partial charge in [-0.2, -0.15) is 0 Å². The van der Waals surface area contributed by atoms with Gasteiger partial charge in [-0.15, -0.1) is 5.01 Å². The van der Waals surface area contributed by atoms with Crippen LogP contribution in [-0.4, -0.2) is 28.9 Å². The molecular formula is C3H8N4O2S. The van der Waals surface area contributed by atoms with Gasteiger partial charge in [0.15, 0.2) is 10.1 Å². The number of hydrogen-bond acceptors (Lipinski definition) is 3. The largest absolute Gasteiger partial charge is 0.376 e. The summed E-state index contributed by atoms with van der Waals surface area (Å²) in [7, 11) is 1.31. The molecule has 10 heavy (non-hydrogen) atoms. The van der Waals surface area contributed by atoms with E-state index in [0.29, 0.717) is 0 Å². The van der Waals surface area contributed by atoms with Gasteiger partial charge in [-0.3, -0.25) is 0 Å². The van der Waals surface area contributed by atoms with Crippen LogP contribution in [0.25, 0.3) is 0 Å². The number of nitrogens with two attached hydrogens (primary N) is 1. The third kappa shape index (κ3) is 3.84. The second kappa shape index (κ2) is 3.83. The topological polar surface area (TPSA) is 84.4 Å². The molecule has 0 aromatic carbocycles. The van der Waals surface area contributed by atoms with Crippen molar-refractivity contribution in [3.63, 3.8) is 0 Å². The zero-order valence-electron chi connectivity index (χ0n) is 5.40. The van der Waals surface area contributed by atoms with Gasteiger partial charge in [-0.05, 0) is 12.2 Å². The van der Waals surface area contributed by atoms with Crippen LogP contribution >= 0.6 is 12.2 Å². The highest BCUT2D eigenvalue weighted by Gasteiger charge is 2.04. The van der Waals surface area contributed by atoms with Crippen molar-refractivity contribution >= 4 is 17.3 Å². The third-order valence-electron chi connectivity index (χ3n) is 0.761. The van der Waals surface area contributed by atoms with E-state index < -0.39 is 5.03 Å². The van der Waals surface area contributed by atoms with Crippen molar-refractivity contribution in [1.29, 1.82) is 0 Å². The van der Waals surface area contributed by atoms with Crippen molar-refractivity contribution in [2.75, 3.05) is 13.7 Å². The van der Waals surface area contributed by atoms with Crippen LogP contribution in [0.5, 0.6) is 0 Å². The van der Waals surface area contributed by atoms with Gasteiger partial charge in [0.1, 0.15) is 6.67 Å². The van der Waals surface area contributed by atoms with Crippen LogP contribution in [0.2, 0.25) is 0 Å². The Morgan fingerprint density at radius 1 is 2.00 bits per heavy atom. The molecule has 0 bridgehead atoms. The van der Waals surface area contributed by atoms with Crippen LogP contribution in [0.15, 0.2) is 0 Å². The molecule has 0 heterocycles. The lowest BCUT2D eigenvalue weighted by Gasteiger charge is -2.08. The first-order valence-corrected chi connectivity index (χ1v) is 2.83. The Morgan fingerprint density at radius 2 is 2.50 bits per heavy atom. The fourth-order valence-corrected chi connectivity index (χ4v) is 0.315. The summed E-state index contributed by atoms with van der Waals surface area (Å²) in [6.07, 6.45) is 0. The van der Waals surface area contributed by atoms with E-state index in [2.05, 4.69) is 17.5 Å².